The third-order valence-corrected chi connectivity index (χ3v) is 2.14. The molecule has 14 heteroatoms. The van der Waals surface area contributed by atoms with Gasteiger partial charge in [0.25, 0.3) is 0 Å². The average molecular weight is 411 g/mol. The summed E-state index contributed by atoms with van der Waals surface area (Å²) in [6, 6.07) is 0. The van der Waals surface area contributed by atoms with Crippen molar-refractivity contribution in [1.29, 1.82) is 0 Å². The summed E-state index contributed by atoms with van der Waals surface area (Å²) in [7, 11) is 0. The predicted molar refractivity (Wildman–Crippen MR) is 56.5 cm³/mol. The van der Waals surface area contributed by atoms with Gasteiger partial charge < -0.3 is 45.1 Å². The number of hydrogen-bond donors (Lipinski definition) is 0. The summed E-state index contributed by atoms with van der Waals surface area (Å²) < 4.78 is 0. The van der Waals surface area contributed by atoms with E-state index >= 15 is 0 Å². The standard InChI is InChI=1S/C10H16N2O8.Co.2Na.H2O/c13-7(14)3-11(4-8(15)16)1-2-12(5-9(17)18)6-10(19)20;;;;/h1-6H2,(H,13,14)(H,15,16)(H,17,18)(H,19,20);;;;1H2/q;;2*+1;/p-4. The van der Waals surface area contributed by atoms with Crippen LogP contribution in [0.5, 0.6) is 0 Å². The van der Waals surface area contributed by atoms with E-state index in [4.69, 9.17) is 0 Å². The normalized spacial score (nSPS) is 8.92. The molecule has 131 valence electrons. The zero-order chi connectivity index (χ0) is 15.7. The first-order chi connectivity index (χ1) is 9.20. The van der Waals surface area contributed by atoms with E-state index in [-0.39, 0.29) is 94.5 Å². The van der Waals surface area contributed by atoms with Gasteiger partial charge in [-0.15, -0.1) is 0 Å². The Morgan fingerprint density at radius 2 is 0.750 bits per heavy atom. The van der Waals surface area contributed by atoms with Crippen LogP contribution in [-0.2, 0) is 36.0 Å². The average Bonchev–Trinajstić information content (AvgIpc) is 2.22. The fourth-order valence-electron chi connectivity index (χ4n) is 1.44. The van der Waals surface area contributed by atoms with Gasteiger partial charge in [-0.05, 0) is 0 Å². The van der Waals surface area contributed by atoms with Crippen molar-refractivity contribution in [1.82, 2.24) is 9.80 Å². The van der Waals surface area contributed by atoms with Crippen LogP contribution in [0.2, 0.25) is 0 Å². The van der Waals surface area contributed by atoms with E-state index < -0.39 is 50.1 Å². The molecule has 2 N–H and O–H groups in total. The van der Waals surface area contributed by atoms with Gasteiger partial charge in [0.2, 0.25) is 0 Å². The summed E-state index contributed by atoms with van der Waals surface area (Å²) in [4.78, 5) is 43.4. The molecule has 0 aliphatic heterocycles. The minimum absolute atomic E-state index is 0. The molecular weight excluding hydrogens is 397 g/mol. The molecule has 0 heterocycles. The van der Waals surface area contributed by atoms with Crippen LogP contribution in [0, 0.1) is 0 Å². The van der Waals surface area contributed by atoms with Gasteiger partial charge in [0, 0.05) is 56.0 Å². The Morgan fingerprint density at radius 1 is 0.583 bits per heavy atom. The molecule has 0 bridgehead atoms. The molecular formula is C10H14CoN2Na2O9-2. The summed E-state index contributed by atoms with van der Waals surface area (Å²) in [5.74, 6) is -6.12. The van der Waals surface area contributed by atoms with Crippen LogP contribution in [0.4, 0.5) is 0 Å². The number of carboxylic acids is 4. The van der Waals surface area contributed by atoms with Gasteiger partial charge in [-0.2, -0.15) is 0 Å². The van der Waals surface area contributed by atoms with E-state index in [1.165, 1.54) is 0 Å². The fraction of sp³-hybridized carbons (Fsp3) is 0.600. The van der Waals surface area contributed by atoms with Gasteiger partial charge in [0.05, 0.1) is 23.9 Å². The molecule has 0 aromatic carbocycles. The molecule has 0 aromatic heterocycles. The Kier molecular flexibility index (Phi) is 28.9. The first kappa shape index (κ1) is 35.4. The van der Waals surface area contributed by atoms with Gasteiger partial charge >= 0.3 is 59.1 Å². The third kappa shape index (κ3) is 22.3. The molecule has 0 atom stereocenters. The van der Waals surface area contributed by atoms with Gasteiger partial charge in [-0.3, -0.25) is 9.80 Å². The molecule has 11 nitrogen and oxygen atoms in total. The van der Waals surface area contributed by atoms with Crippen LogP contribution in [-0.4, -0.2) is 78.4 Å². The Balaban J connectivity index is -0.000000301. The Labute approximate surface area is 192 Å². The quantitative estimate of drug-likeness (QED) is 0.294. The SMILES string of the molecule is O.O=C([O-])CN(CCN(CC(=O)[O-])CC(=O)[O-])CC(=O)[O-].[Co].[Na+].[Na+]. The van der Waals surface area contributed by atoms with Crippen LogP contribution < -0.4 is 79.5 Å². The molecule has 0 spiro atoms. The monoisotopic (exact) mass is 411 g/mol. The molecule has 0 aliphatic rings. The summed E-state index contributed by atoms with van der Waals surface area (Å²) >= 11 is 0. The summed E-state index contributed by atoms with van der Waals surface area (Å²) in [5, 5.41) is 41.6. The maximum Gasteiger partial charge on any atom is 1.00 e. The molecule has 24 heavy (non-hydrogen) atoms. The number of aliphatic carboxylic acids is 4. The topological polar surface area (TPSA) is 198 Å². The molecule has 0 fully saturated rings. The van der Waals surface area contributed by atoms with Gasteiger partial charge in [-0.25, -0.2) is 0 Å². The molecule has 0 saturated heterocycles. The van der Waals surface area contributed by atoms with Crippen molar-refractivity contribution in [3.05, 3.63) is 0 Å². The Bertz CT molecular complexity index is 333. The van der Waals surface area contributed by atoms with Crippen LogP contribution in [0.25, 0.3) is 0 Å². The van der Waals surface area contributed by atoms with Crippen LogP contribution in [0.3, 0.4) is 0 Å². The number of nitrogens with zero attached hydrogens (tertiary/aromatic N) is 2. The zero-order valence-electron chi connectivity index (χ0n) is 13.2. The van der Waals surface area contributed by atoms with Gasteiger partial charge in [0.1, 0.15) is 0 Å². The van der Waals surface area contributed by atoms with E-state index in [1.807, 2.05) is 0 Å². The molecule has 0 amide bonds. The second-order valence-electron chi connectivity index (χ2n) is 3.91. The van der Waals surface area contributed by atoms with Gasteiger partial charge in [0.15, 0.2) is 0 Å². The van der Waals surface area contributed by atoms with Crippen LogP contribution in [0.15, 0.2) is 0 Å². The molecule has 0 aromatic rings. The first-order valence-corrected chi connectivity index (χ1v) is 5.44. The Morgan fingerprint density at radius 3 is 0.875 bits per heavy atom. The maximum atomic E-state index is 10.4. The van der Waals surface area contributed by atoms with Gasteiger partial charge in [-0.1, -0.05) is 0 Å². The number of carbonyl (C=O) groups is 4. The van der Waals surface area contributed by atoms with Crippen LogP contribution in [0.1, 0.15) is 0 Å². The molecule has 0 rings (SSSR count). The largest absolute Gasteiger partial charge is 1.00 e. The van der Waals surface area contributed by atoms with Crippen molar-refractivity contribution >= 4 is 23.9 Å². The second kappa shape index (κ2) is 19.6. The van der Waals surface area contributed by atoms with E-state index in [0.717, 1.165) is 9.80 Å². The molecule has 0 aliphatic carbocycles. The van der Waals surface area contributed by atoms with Crippen LogP contribution >= 0.6 is 0 Å². The van der Waals surface area contributed by atoms with E-state index in [2.05, 4.69) is 0 Å². The summed E-state index contributed by atoms with van der Waals surface area (Å²) in [6.45, 7) is -3.25. The number of carbonyl (C=O) groups excluding carboxylic acids is 4. The summed E-state index contributed by atoms with van der Waals surface area (Å²) in [5.41, 5.74) is 0. The smallest absolute Gasteiger partial charge is 0.549 e. The molecule has 0 saturated carbocycles. The number of hydrogen-bond acceptors (Lipinski definition) is 10. The van der Waals surface area contributed by atoms with E-state index in [9.17, 15) is 39.6 Å². The molecule has 1 radical (unpaired) electrons. The van der Waals surface area contributed by atoms with Crippen molar-refractivity contribution < 1.29 is 121 Å². The van der Waals surface area contributed by atoms with Crippen molar-refractivity contribution in [3.63, 3.8) is 0 Å². The van der Waals surface area contributed by atoms with Crippen molar-refractivity contribution in [2.45, 2.75) is 0 Å². The first-order valence-electron chi connectivity index (χ1n) is 5.44. The summed E-state index contributed by atoms with van der Waals surface area (Å²) in [6.07, 6.45) is 0. The number of rotatable bonds is 11. The minimum Gasteiger partial charge on any atom is -0.549 e. The van der Waals surface area contributed by atoms with Crippen molar-refractivity contribution in [3.8, 4) is 0 Å². The second-order valence-corrected chi connectivity index (χ2v) is 3.91. The Hall–Kier alpha value is 0.266. The van der Waals surface area contributed by atoms with Crippen molar-refractivity contribution in [2.75, 3.05) is 39.3 Å². The minimum atomic E-state index is -1.53. The maximum absolute atomic E-state index is 10.4. The predicted octanol–water partition coefficient (Wildman–Crippen LogP) is -14.2. The van der Waals surface area contributed by atoms with E-state index in [1.54, 1.807) is 0 Å². The fourth-order valence-corrected chi connectivity index (χ4v) is 1.44. The van der Waals surface area contributed by atoms with Crippen molar-refractivity contribution in [2.24, 2.45) is 0 Å². The van der Waals surface area contributed by atoms with E-state index in [0.29, 0.717) is 0 Å². The number of carboxylic acid groups (broad SMARTS) is 4. The third-order valence-electron chi connectivity index (χ3n) is 2.14. The zero-order valence-corrected chi connectivity index (χ0v) is 18.3. The molecule has 0 unspecified atom stereocenters.